The van der Waals surface area contributed by atoms with Gasteiger partial charge in [0.15, 0.2) is 0 Å². The molecule has 3 rings (SSSR count). The van der Waals surface area contributed by atoms with Crippen LogP contribution in [0.4, 0.5) is 14.9 Å². The Labute approximate surface area is 168 Å². The first kappa shape index (κ1) is 19.8. The lowest BCUT2D eigenvalue weighted by atomic mass is 9.94. The van der Waals surface area contributed by atoms with E-state index in [1.54, 1.807) is 38.4 Å². The predicted octanol–water partition coefficient (Wildman–Crippen LogP) is 4.23. The molecule has 1 aromatic carbocycles. The Kier molecular flexibility index (Phi) is 5.39. The second-order valence-corrected chi connectivity index (χ2v) is 7.43. The van der Waals surface area contributed by atoms with E-state index in [4.69, 9.17) is 11.6 Å². The smallest absolute Gasteiger partial charge is 0.319 e. The van der Waals surface area contributed by atoms with Gasteiger partial charge in [-0.1, -0.05) is 23.4 Å². The van der Waals surface area contributed by atoms with E-state index in [0.717, 1.165) is 4.90 Å². The zero-order valence-corrected chi connectivity index (χ0v) is 16.5. The number of carbonyl (C=O) groups excluding carboxylic acids is 2. The number of rotatable bonds is 2. The first-order chi connectivity index (χ1) is 13.2. The Balaban J connectivity index is 1.98. The molecule has 0 unspecified atom stereocenters. The van der Waals surface area contributed by atoms with Crippen molar-refractivity contribution in [3.8, 4) is 11.8 Å². The van der Waals surface area contributed by atoms with Gasteiger partial charge in [-0.3, -0.25) is 9.78 Å². The molecule has 0 atom stereocenters. The molecule has 0 spiro atoms. The molecule has 0 N–H and O–H groups in total. The minimum absolute atomic E-state index is 0.0482. The molecule has 1 fully saturated rings. The van der Waals surface area contributed by atoms with Gasteiger partial charge < -0.3 is 4.90 Å². The second-order valence-electron chi connectivity index (χ2n) is 7.03. The molecule has 3 amide bonds. The highest BCUT2D eigenvalue weighted by Gasteiger charge is 2.44. The Morgan fingerprint density at radius 2 is 1.96 bits per heavy atom. The average molecular weight is 400 g/mol. The second kappa shape index (κ2) is 7.61. The minimum atomic E-state index is -0.777. The van der Waals surface area contributed by atoms with Crippen LogP contribution >= 0.6 is 11.6 Å². The van der Waals surface area contributed by atoms with Gasteiger partial charge in [0.25, 0.3) is 0 Å². The van der Waals surface area contributed by atoms with Crippen molar-refractivity contribution in [3.05, 3.63) is 58.6 Å². The molecule has 144 valence electrons. The SMILES string of the molecule is CCN1C(=O)N(c2c(F)cc(C#Cc3cccnc3)cc2Cl)C(=O)CC1(C)C. The highest BCUT2D eigenvalue weighted by molar-refractivity contribution is 6.35. The number of nitrogens with zero attached hydrogens (tertiary/aromatic N) is 3. The Hall–Kier alpha value is -2.91. The predicted molar refractivity (Wildman–Crippen MR) is 106 cm³/mol. The van der Waals surface area contributed by atoms with Crippen LogP contribution in [0, 0.1) is 17.7 Å². The lowest BCUT2D eigenvalue weighted by Crippen LogP contribution is -2.61. The summed E-state index contributed by atoms with van der Waals surface area (Å²) >= 11 is 6.26. The number of hydrogen-bond acceptors (Lipinski definition) is 3. The normalized spacial score (nSPS) is 16.0. The summed E-state index contributed by atoms with van der Waals surface area (Å²) in [4.78, 5) is 31.8. The number of halogens is 2. The van der Waals surface area contributed by atoms with E-state index in [1.807, 2.05) is 6.92 Å². The fourth-order valence-corrected chi connectivity index (χ4v) is 3.54. The average Bonchev–Trinajstić information content (AvgIpc) is 2.62. The van der Waals surface area contributed by atoms with E-state index in [-0.39, 0.29) is 17.1 Å². The molecular formula is C21H19ClFN3O2. The van der Waals surface area contributed by atoms with Crippen molar-refractivity contribution < 1.29 is 14.0 Å². The van der Waals surface area contributed by atoms with Crippen LogP contribution in [0.5, 0.6) is 0 Å². The molecule has 1 aromatic heterocycles. The minimum Gasteiger partial charge on any atom is -0.319 e. The van der Waals surface area contributed by atoms with Crippen molar-refractivity contribution in [1.29, 1.82) is 0 Å². The summed E-state index contributed by atoms with van der Waals surface area (Å²) in [6, 6.07) is 5.55. The van der Waals surface area contributed by atoms with E-state index in [1.165, 1.54) is 17.0 Å². The third kappa shape index (κ3) is 3.71. The first-order valence-electron chi connectivity index (χ1n) is 8.80. The van der Waals surface area contributed by atoms with Crippen LogP contribution in [-0.2, 0) is 4.79 Å². The van der Waals surface area contributed by atoms with E-state index in [2.05, 4.69) is 16.8 Å². The van der Waals surface area contributed by atoms with Crippen molar-refractivity contribution in [2.45, 2.75) is 32.7 Å². The molecule has 5 nitrogen and oxygen atoms in total. The van der Waals surface area contributed by atoms with Gasteiger partial charge in [-0.25, -0.2) is 14.1 Å². The van der Waals surface area contributed by atoms with Gasteiger partial charge in [0.2, 0.25) is 5.91 Å². The zero-order chi connectivity index (χ0) is 20.5. The fourth-order valence-electron chi connectivity index (χ4n) is 3.25. The maximum absolute atomic E-state index is 14.9. The monoisotopic (exact) mass is 399 g/mol. The van der Waals surface area contributed by atoms with Gasteiger partial charge in [-0.15, -0.1) is 0 Å². The number of carbonyl (C=O) groups is 2. The van der Waals surface area contributed by atoms with Crippen LogP contribution in [0.2, 0.25) is 5.02 Å². The Morgan fingerprint density at radius 3 is 2.57 bits per heavy atom. The van der Waals surface area contributed by atoms with Crippen molar-refractivity contribution in [2.75, 3.05) is 11.4 Å². The molecule has 2 heterocycles. The maximum atomic E-state index is 14.9. The van der Waals surface area contributed by atoms with Crippen LogP contribution < -0.4 is 4.90 Å². The third-order valence-electron chi connectivity index (χ3n) is 4.56. The van der Waals surface area contributed by atoms with Crippen molar-refractivity contribution in [2.24, 2.45) is 0 Å². The van der Waals surface area contributed by atoms with Gasteiger partial charge in [0.05, 0.1) is 11.4 Å². The highest BCUT2D eigenvalue weighted by Crippen LogP contribution is 2.36. The number of imide groups is 1. The maximum Gasteiger partial charge on any atom is 0.331 e. The molecule has 1 aliphatic rings. The van der Waals surface area contributed by atoms with Gasteiger partial charge in [-0.2, -0.15) is 0 Å². The van der Waals surface area contributed by atoms with Crippen LogP contribution in [0.25, 0.3) is 0 Å². The number of aromatic nitrogens is 1. The zero-order valence-electron chi connectivity index (χ0n) is 15.8. The first-order valence-corrected chi connectivity index (χ1v) is 9.18. The molecule has 1 saturated heterocycles. The summed E-state index contributed by atoms with van der Waals surface area (Å²) in [5, 5.41) is -0.0482. The number of anilines is 1. The summed E-state index contributed by atoms with van der Waals surface area (Å²) in [6.07, 6.45) is 3.29. The van der Waals surface area contributed by atoms with Crippen LogP contribution in [0.3, 0.4) is 0 Å². The van der Waals surface area contributed by atoms with E-state index >= 15 is 0 Å². The summed E-state index contributed by atoms with van der Waals surface area (Å²) in [5.41, 5.74) is 0.125. The van der Waals surface area contributed by atoms with E-state index < -0.39 is 23.3 Å². The molecular weight excluding hydrogens is 381 g/mol. The topological polar surface area (TPSA) is 53.5 Å². The van der Waals surface area contributed by atoms with Crippen LogP contribution in [0.1, 0.15) is 38.3 Å². The van der Waals surface area contributed by atoms with Gasteiger partial charge >= 0.3 is 6.03 Å². The van der Waals surface area contributed by atoms with E-state index in [0.29, 0.717) is 17.7 Å². The van der Waals surface area contributed by atoms with Crippen molar-refractivity contribution >= 4 is 29.2 Å². The molecule has 0 radical (unpaired) electrons. The van der Waals surface area contributed by atoms with Gasteiger partial charge in [-0.05, 0) is 45.0 Å². The lowest BCUT2D eigenvalue weighted by Gasteiger charge is -2.45. The van der Waals surface area contributed by atoms with Crippen LogP contribution in [-0.4, -0.2) is 33.9 Å². The fraction of sp³-hybridized carbons (Fsp3) is 0.286. The summed E-state index contributed by atoms with van der Waals surface area (Å²) in [5.74, 6) is 4.41. The molecule has 0 aliphatic carbocycles. The Bertz CT molecular complexity index is 973. The molecule has 1 aliphatic heterocycles. The van der Waals surface area contributed by atoms with Crippen LogP contribution in [0.15, 0.2) is 36.7 Å². The number of benzene rings is 1. The van der Waals surface area contributed by atoms with Gasteiger partial charge in [0.1, 0.15) is 11.5 Å². The molecule has 7 heteroatoms. The van der Waals surface area contributed by atoms with E-state index in [9.17, 15) is 14.0 Å². The Morgan fingerprint density at radius 1 is 1.25 bits per heavy atom. The largest absolute Gasteiger partial charge is 0.331 e. The molecule has 2 aromatic rings. The van der Waals surface area contributed by atoms with Crippen molar-refractivity contribution in [1.82, 2.24) is 9.88 Å². The summed E-state index contributed by atoms with van der Waals surface area (Å²) < 4.78 is 14.9. The number of hydrogen-bond donors (Lipinski definition) is 0. The summed E-state index contributed by atoms with van der Waals surface area (Å²) in [7, 11) is 0. The quantitative estimate of drug-likeness (QED) is 0.710. The third-order valence-corrected chi connectivity index (χ3v) is 4.84. The van der Waals surface area contributed by atoms with Gasteiger partial charge in [0, 0.05) is 35.6 Å². The molecule has 28 heavy (non-hydrogen) atoms. The number of urea groups is 1. The number of amides is 3. The molecule has 0 saturated carbocycles. The lowest BCUT2D eigenvalue weighted by molar-refractivity contribution is -0.121. The summed E-state index contributed by atoms with van der Waals surface area (Å²) in [6.45, 7) is 5.81. The highest BCUT2D eigenvalue weighted by atomic mass is 35.5. The van der Waals surface area contributed by atoms with Crippen molar-refractivity contribution in [3.63, 3.8) is 0 Å². The molecule has 0 bridgehead atoms. The standard InChI is InChI=1S/C21H19ClFN3O2/c1-4-25-20(28)26(18(27)12-21(25,2)3)19-16(22)10-15(11-17(19)23)8-7-14-6-5-9-24-13-14/h5-6,9-11,13H,4,12H2,1-3H3. The number of pyridine rings is 1.